The number of phenolic OH excluding ortho intramolecular Hbond substituents is 1. The van der Waals surface area contributed by atoms with Crippen LogP contribution in [-0.2, 0) is 31.3 Å². The van der Waals surface area contributed by atoms with Crippen molar-refractivity contribution in [1.29, 1.82) is 0 Å². The van der Waals surface area contributed by atoms with Gasteiger partial charge in [-0.15, -0.1) is 0 Å². The zero-order chi connectivity index (χ0) is 15.7. The molecule has 0 radical (unpaired) electrons. The van der Waals surface area contributed by atoms with Crippen LogP contribution in [0.1, 0.15) is 46.6 Å². The van der Waals surface area contributed by atoms with Crippen molar-refractivity contribution < 1.29 is 30.9 Å². The number of hydrogen-bond acceptors (Lipinski definition) is 1. The third-order valence-corrected chi connectivity index (χ3v) is 3.84. The molecule has 0 aliphatic heterocycles. The van der Waals surface area contributed by atoms with Gasteiger partial charge in [-0.05, 0) is 40.5 Å². The van der Waals surface area contributed by atoms with Gasteiger partial charge in [-0.3, -0.25) is 0 Å². The second-order valence-electron chi connectivity index (χ2n) is 7.72. The first-order chi connectivity index (χ1) is 9.69. The Hall–Kier alpha value is -0.890. The minimum atomic E-state index is 0. The summed E-state index contributed by atoms with van der Waals surface area (Å²) >= 11 is 0. The fourth-order valence-corrected chi connectivity index (χ4v) is 3.23. The van der Waals surface area contributed by atoms with Crippen molar-refractivity contribution in [3.8, 4) is 16.9 Å². The molecular formula is C22H32HfO-2. The Labute approximate surface area is 168 Å². The Morgan fingerprint density at radius 1 is 0.833 bits per heavy atom. The molecule has 0 aliphatic carbocycles. The maximum atomic E-state index is 10.2. The number of aromatic hydroxyl groups is 1. The van der Waals surface area contributed by atoms with Crippen LogP contribution in [0.2, 0.25) is 0 Å². The summed E-state index contributed by atoms with van der Waals surface area (Å²) in [6.45, 7) is 11.4. The Bertz CT molecular complexity index is 610. The molecule has 0 spiro atoms. The molecule has 0 saturated heterocycles. The molecule has 0 heterocycles. The van der Waals surface area contributed by atoms with E-state index in [0.29, 0.717) is 5.75 Å². The van der Waals surface area contributed by atoms with E-state index in [0.717, 1.165) is 17.5 Å². The van der Waals surface area contributed by atoms with Gasteiger partial charge in [0.05, 0.1) is 0 Å². The molecule has 1 N–H and O–H groups in total. The van der Waals surface area contributed by atoms with Gasteiger partial charge in [0.1, 0.15) is 5.75 Å². The first-order valence-corrected chi connectivity index (χ1v) is 7.58. The average molecular weight is 491 g/mol. The van der Waals surface area contributed by atoms with E-state index in [9.17, 15) is 5.11 Å². The quantitative estimate of drug-likeness (QED) is 0.376. The minimum Gasteiger partial charge on any atom is -0.507 e. The Kier molecular flexibility index (Phi) is 10.1. The fourth-order valence-electron chi connectivity index (χ4n) is 3.23. The van der Waals surface area contributed by atoms with Gasteiger partial charge in [0, 0.05) is 31.4 Å². The second-order valence-corrected chi connectivity index (χ2v) is 7.72. The first-order valence-electron chi connectivity index (χ1n) is 7.58. The summed E-state index contributed by atoms with van der Waals surface area (Å²) in [6, 6.07) is 16.1. The summed E-state index contributed by atoms with van der Waals surface area (Å²) in [5.74, 6) is 0.344. The van der Waals surface area contributed by atoms with E-state index in [1.165, 1.54) is 5.56 Å². The zero-order valence-corrected chi connectivity index (χ0v) is 19.9. The average Bonchev–Trinajstić information content (AvgIpc) is 2.37. The maximum absolute atomic E-state index is 10.2. The number of benzene rings is 2. The van der Waals surface area contributed by atoms with E-state index in [4.69, 9.17) is 0 Å². The molecule has 2 aromatic rings. The van der Waals surface area contributed by atoms with Crippen molar-refractivity contribution in [2.45, 2.75) is 46.5 Å². The van der Waals surface area contributed by atoms with Crippen molar-refractivity contribution in [3.05, 3.63) is 68.9 Å². The second kappa shape index (κ2) is 9.56. The summed E-state index contributed by atoms with van der Waals surface area (Å²) in [5.41, 5.74) is 3.59. The van der Waals surface area contributed by atoms with E-state index < -0.39 is 0 Å². The smallest absolute Gasteiger partial charge is 0.123 e. The predicted octanol–water partition coefficient (Wildman–Crippen LogP) is 6.67. The normalized spacial score (nSPS) is 10.9. The SMILES string of the molecule is CC(C)(C)CC(C)(C)c1ccc(O)c(-c2ccccc2)c1.[CH3-].[CH3-].[Hf]. The summed E-state index contributed by atoms with van der Waals surface area (Å²) < 4.78 is 0. The Balaban J connectivity index is 0. The monoisotopic (exact) mass is 492 g/mol. The van der Waals surface area contributed by atoms with Crippen molar-refractivity contribution in [2.24, 2.45) is 5.41 Å². The van der Waals surface area contributed by atoms with Crippen LogP contribution in [0.25, 0.3) is 11.1 Å². The van der Waals surface area contributed by atoms with E-state index in [-0.39, 0.29) is 51.5 Å². The molecule has 0 aliphatic rings. The third kappa shape index (κ3) is 6.55. The predicted molar refractivity (Wildman–Crippen MR) is 103 cm³/mol. The van der Waals surface area contributed by atoms with E-state index >= 15 is 0 Å². The molecule has 0 unspecified atom stereocenters. The number of hydrogen-bond donors (Lipinski definition) is 1. The van der Waals surface area contributed by atoms with E-state index in [2.05, 4.69) is 40.7 Å². The molecule has 0 bridgehead atoms. The first kappa shape index (κ1) is 25.4. The topological polar surface area (TPSA) is 20.2 Å². The fraction of sp³-hybridized carbons (Fsp3) is 0.364. The van der Waals surface area contributed by atoms with E-state index in [1.54, 1.807) is 0 Å². The number of phenols is 1. The van der Waals surface area contributed by atoms with Gasteiger partial charge in [0.25, 0.3) is 0 Å². The summed E-state index contributed by atoms with van der Waals surface area (Å²) in [4.78, 5) is 0. The van der Waals surface area contributed by atoms with Crippen LogP contribution in [-0.4, -0.2) is 5.11 Å². The summed E-state index contributed by atoms with van der Waals surface area (Å²) in [7, 11) is 0. The molecular weight excluding hydrogens is 459 g/mol. The van der Waals surface area contributed by atoms with Gasteiger partial charge in [0.15, 0.2) is 0 Å². The van der Waals surface area contributed by atoms with Gasteiger partial charge in [0.2, 0.25) is 0 Å². The maximum Gasteiger partial charge on any atom is 0.123 e. The molecule has 0 saturated carbocycles. The molecule has 0 atom stereocenters. The molecule has 2 rings (SSSR count). The standard InChI is InChI=1S/C20H26O.2CH3.Hf/c1-19(2,3)14-20(4,5)16-11-12-18(21)17(13-16)15-9-7-6-8-10-15;;;/h6-13,21H,14H2,1-5H3;2*1H3;/q;2*-1;. The van der Waals surface area contributed by atoms with Gasteiger partial charge in [-0.2, -0.15) is 0 Å². The van der Waals surface area contributed by atoms with Crippen LogP contribution in [0.15, 0.2) is 48.5 Å². The largest absolute Gasteiger partial charge is 0.507 e. The molecule has 0 aromatic heterocycles. The molecule has 1 nitrogen and oxygen atoms in total. The summed E-state index contributed by atoms with van der Waals surface area (Å²) in [5, 5.41) is 10.2. The van der Waals surface area contributed by atoms with Gasteiger partial charge in [-0.1, -0.05) is 71.0 Å². The van der Waals surface area contributed by atoms with E-state index in [1.807, 2.05) is 42.5 Å². The van der Waals surface area contributed by atoms with Crippen LogP contribution < -0.4 is 0 Å². The van der Waals surface area contributed by atoms with Crippen LogP contribution >= 0.6 is 0 Å². The molecule has 2 heteroatoms. The van der Waals surface area contributed by atoms with Crippen molar-refractivity contribution in [2.75, 3.05) is 0 Å². The van der Waals surface area contributed by atoms with Crippen LogP contribution in [0, 0.1) is 20.3 Å². The molecule has 2 aromatic carbocycles. The van der Waals surface area contributed by atoms with Crippen molar-refractivity contribution in [1.82, 2.24) is 0 Å². The zero-order valence-electron chi connectivity index (χ0n) is 16.3. The minimum absolute atomic E-state index is 0. The van der Waals surface area contributed by atoms with Crippen LogP contribution in [0.3, 0.4) is 0 Å². The molecule has 0 fully saturated rings. The van der Waals surface area contributed by atoms with Crippen LogP contribution in [0.5, 0.6) is 5.75 Å². The Morgan fingerprint density at radius 2 is 1.38 bits per heavy atom. The van der Waals surface area contributed by atoms with Gasteiger partial charge < -0.3 is 20.0 Å². The van der Waals surface area contributed by atoms with Crippen LogP contribution in [0.4, 0.5) is 0 Å². The molecule has 0 amide bonds. The summed E-state index contributed by atoms with van der Waals surface area (Å²) in [6.07, 6.45) is 1.10. The van der Waals surface area contributed by atoms with Gasteiger partial charge >= 0.3 is 0 Å². The molecule has 132 valence electrons. The van der Waals surface area contributed by atoms with Crippen molar-refractivity contribution in [3.63, 3.8) is 0 Å². The van der Waals surface area contributed by atoms with Crippen molar-refractivity contribution >= 4 is 0 Å². The van der Waals surface area contributed by atoms with Gasteiger partial charge in [-0.25, -0.2) is 0 Å². The molecule has 24 heavy (non-hydrogen) atoms. The third-order valence-electron chi connectivity index (χ3n) is 3.84. The number of rotatable bonds is 3. The Morgan fingerprint density at radius 3 is 1.88 bits per heavy atom.